The molecule has 2 aromatic rings. The van der Waals surface area contributed by atoms with Gasteiger partial charge >= 0.3 is 0 Å². The fourth-order valence-corrected chi connectivity index (χ4v) is 4.41. The van der Waals surface area contributed by atoms with Gasteiger partial charge in [-0.1, -0.05) is 31.2 Å². The fourth-order valence-electron chi connectivity index (χ4n) is 3.26. The van der Waals surface area contributed by atoms with Crippen molar-refractivity contribution in [3.05, 3.63) is 54.2 Å². The molecule has 0 saturated carbocycles. The van der Waals surface area contributed by atoms with Crippen LogP contribution in [0.15, 0.2) is 53.6 Å². The number of anilines is 1. The Labute approximate surface area is 172 Å². The predicted molar refractivity (Wildman–Crippen MR) is 113 cm³/mol. The van der Waals surface area contributed by atoms with Gasteiger partial charge in [0.05, 0.1) is 11.4 Å². The van der Waals surface area contributed by atoms with E-state index in [4.69, 9.17) is 0 Å². The molecule has 0 bridgehead atoms. The molecule has 1 fully saturated rings. The van der Waals surface area contributed by atoms with Crippen molar-refractivity contribution < 1.29 is 13.2 Å². The van der Waals surface area contributed by atoms with E-state index in [9.17, 15) is 13.2 Å². The maximum Gasteiger partial charge on any atom is 0.243 e. The van der Waals surface area contributed by atoms with E-state index in [1.54, 1.807) is 24.4 Å². The highest BCUT2D eigenvalue weighted by Gasteiger charge is 2.22. The number of aromatic nitrogens is 1. The number of sulfonamides is 1. The molecule has 0 unspecified atom stereocenters. The van der Waals surface area contributed by atoms with Crippen LogP contribution < -0.4 is 10.2 Å². The molecule has 3 rings (SSSR count). The van der Waals surface area contributed by atoms with Gasteiger partial charge in [-0.3, -0.25) is 4.79 Å². The number of likely N-dealkylation sites (N-methyl/N-ethyl adjacent to an activating group) is 1. The lowest BCUT2D eigenvalue weighted by atomic mass is 9.99. The molecule has 8 heteroatoms. The Balaban J connectivity index is 1.50. The quantitative estimate of drug-likeness (QED) is 0.749. The van der Waals surface area contributed by atoms with E-state index in [1.807, 2.05) is 12.1 Å². The first kappa shape index (κ1) is 21.3. The Morgan fingerprint density at radius 1 is 1.17 bits per heavy atom. The summed E-state index contributed by atoms with van der Waals surface area (Å²) in [5.41, 5.74) is 0.876. The number of nitrogens with one attached hydrogen (secondary N) is 1. The highest BCUT2D eigenvalue weighted by atomic mass is 32.2. The zero-order chi connectivity index (χ0) is 20.9. The number of pyridine rings is 1. The van der Waals surface area contributed by atoms with Crippen LogP contribution in [0, 0.1) is 5.92 Å². The monoisotopic (exact) mass is 416 g/mol. The van der Waals surface area contributed by atoms with E-state index in [1.165, 1.54) is 32.0 Å². The van der Waals surface area contributed by atoms with Gasteiger partial charge in [0.2, 0.25) is 15.9 Å². The highest BCUT2D eigenvalue weighted by molar-refractivity contribution is 7.89. The number of carbonyl (C=O) groups excluding carboxylic acids is 1. The predicted octanol–water partition coefficient (Wildman–Crippen LogP) is 2.25. The molecule has 0 spiro atoms. The van der Waals surface area contributed by atoms with Gasteiger partial charge in [-0.2, -0.15) is 4.31 Å². The largest absolute Gasteiger partial charge is 0.357 e. The maximum atomic E-state index is 12.5. The number of hydrogen-bond donors (Lipinski definition) is 1. The Morgan fingerprint density at radius 3 is 2.48 bits per heavy atom. The first-order valence-corrected chi connectivity index (χ1v) is 11.3. The molecule has 7 nitrogen and oxygen atoms in total. The third-order valence-corrected chi connectivity index (χ3v) is 7.04. The Bertz CT molecular complexity index is 909. The number of benzene rings is 1. The van der Waals surface area contributed by atoms with Crippen molar-refractivity contribution in [3.8, 4) is 0 Å². The molecule has 0 aliphatic carbocycles. The average Bonchev–Trinajstić information content (AvgIpc) is 2.74. The molecule has 1 saturated heterocycles. The number of amides is 1. The van der Waals surface area contributed by atoms with Crippen LogP contribution in [0.2, 0.25) is 0 Å². The minimum Gasteiger partial charge on any atom is -0.357 e. The molecule has 1 aliphatic heterocycles. The minimum absolute atomic E-state index is 0.169. The van der Waals surface area contributed by atoms with E-state index in [0.29, 0.717) is 6.54 Å². The van der Waals surface area contributed by atoms with E-state index >= 15 is 0 Å². The zero-order valence-electron chi connectivity index (χ0n) is 16.9. The number of hydrogen-bond acceptors (Lipinski definition) is 5. The molecule has 0 atom stereocenters. The Morgan fingerprint density at radius 2 is 1.86 bits per heavy atom. The minimum atomic E-state index is -3.68. The summed E-state index contributed by atoms with van der Waals surface area (Å²) in [5, 5.41) is 2.76. The van der Waals surface area contributed by atoms with Crippen LogP contribution in [0.5, 0.6) is 0 Å². The van der Waals surface area contributed by atoms with Crippen LogP contribution in [0.3, 0.4) is 0 Å². The van der Waals surface area contributed by atoms with Crippen molar-refractivity contribution in [1.29, 1.82) is 0 Å². The number of piperidine rings is 1. The van der Waals surface area contributed by atoms with Crippen molar-refractivity contribution >= 4 is 21.7 Å². The van der Waals surface area contributed by atoms with E-state index in [2.05, 4.69) is 22.1 Å². The van der Waals surface area contributed by atoms with E-state index in [-0.39, 0.29) is 17.3 Å². The highest BCUT2D eigenvalue weighted by Crippen LogP contribution is 2.21. The van der Waals surface area contributed by atoms with Gasteiger partial charge in [0.25, 0.3) is 0 Å². The smallest absolute Gasteiger partial charge is 0.243 e. The summed E-state index contributed by atoms with van der Waals surface area (Å²) in [6, 6.07) is 12.0. The second-order valence-corrected chi connectivity index (χ2v) is 9.59. The number of carbonyl (C=O) groups is 1. The van der Waals surface area contributed by atoms with Crippen LogP contribution >= 0.6 is 0 Å². The number of rotatable bonds is 7. The van der Waals surface area contributed by atoms with E-state index < -0.39 is 10.0 Å². The van der Waals surface area contributed by atoms with Gasteiger partial charge < -0.3 is 10.2 Å². The summed E-state index contributed by atoms with van der Waals surface area (Å²) < 4.78 is 26.0. The summed E-state index contributed by atoms with van der Waals surface area (Å²) in [6.45, 7) is 4.38. The summed E-state index contributed by atoms with van der Waals surface area (Å²) in [4.78, 5) is 19.2. The molecule has 1 aromatic heterocycles. The van der Waals surface area contributed by atoms with E-state index in [0.717, 1.165) is 34.7 Å². The molecule has 0 radical (unpaired) electrons. The zero-order valence-corrected chi connectivity index (χ0v) is 17.7. The number of nitrogens with zero attached hydrogens (tertiary/aromatic N) is 3. The van der Waals surface area contributed by atoms with Crippen LogP contribution in [-0.4, -0.2) is 50.3 Å². The third kappa shape index (κ3) is 5.55. The normalized spacial score (nSPS) is 15.5. The topological polar surface area (TPSA) is 82.6 Å². The van der Waals surface area contributed by atoms with Gasteiger partial charge in [0.1, 0.15) is 5.82 Å². The molecule has 1 aromatic carbocycles. The molecule has 1 amide bonds. The lowest BCUT2D eigenvalue weighted by Crippen LogP contribution is -2.38. The molecule has 1 aliphatic rings. The van der Waals surface area contributed by atoms with Crippen molar-refractivity contribution in [2.24, 2.45) is 5.92 Å². The lowest BCUT2D eigenvalue weighted by molar-refractivity contribution is -0.121. The lowest BCUT2D eigenvalue weighted by Gasteiger charge is -2.31. The van der Waals surface area contributed by atoms with Crippen LogP contribution in [0.4, 0.5) is 5.82 Å². The fraction of sp³-hybridized carbons (Fsp3) is 0.429. The Kier molecular flexibility index (Phi) is 6.87. The molecular weight excluding hydrogens is 388 g/mol. The van der Waals surface area contributed by atoms with Crippen molar-refractivity contribution in [3.63, 3.8) is 0 Å². The second-order valence-electron chi connectivity index (χ2n) is 7.55. The molecular formula is C21H28N4O3S. The SMILES string of the molecule is CC1CCN(c2ccc(CNC(=O)CN(C)S(=O)(=O)c3ccccc3)cn2)CC1. The summed E-state index contributed by atoms with van der Waals surface area (Å²) >= 11 is 0. The summed E-state index contributed by atoms with van der Waals surface area (Å²) in [5.74, 6) is 1.37. The maximum absolute atomic E-state index is 12.5. The average molecular weight is 417 g/mol. The van der Waals surface area contributed by atoms with Gasteiger partial charge in [0, 0.05) is 32.9 Å². The van der Waals surface area contributed by atoms with Crippen molar-refractivity contribution in [2.45, 2.75) is 31.2 Å². The second kappa shape index (κ2) is 9.37. The molecule has 2 heterocycles. The summed E-state index contributed by atoms with van der Waals surface area (Å²) in [6.07, 6.45) is 4.12. The third-order valence-electron chi connectivity index (χ3n) is 5.22. The van der Waals surface area contributed by atoms with Crippen LogP contribution in [0.25, 0.3) is 0 Å². The molecule has 29 heavy (non-hydrogen) atoms. The van der Waals surface area contributed by atoms with Crippen LogP contribution in [0.1, 0.15) is 25.3 Å². The van der Waals surface area contributed by atoms with Gasteiger partial charge in [-0.25, -0.2) is 13.4 Å². The molecule has 1 N–H and O–H groups in total. The Hall–Kier alpha value is -2.45. The van der Waals surface area contributed by atoms with Gasteiger partial charge in [-0.15, -0.1) is 0 Å². The van der Waals surface area contributed by atoms with Crippen molar-refractivity contribution in [1.82, 2.24) is 14.6 Å². The standard InChI is InChI=1S/C21H28N4O3S/c1-17-10-12-25(13-11-17)20-9-8-18(14-22-20)15-23-21(26)16-24(2)29(27,28)19-6-4-3-5-7-19/h3-9,14,17H,10-13,15-16H2,1-2H3,(H,23,26). The van der Waals surface area contributed by atoms with Crippen molar-refractivity contribution in [2.75, 3.05) is 31.6 Å². The first-order valence-electron chi connectivity index (χ1n) is 9.84. The van der Waals surface area contributed by atoms with Gasteiger partial charge in [0.15, 0.2) is 0 Å². The van der Waals surface area contributed by atoms with Crippen LogP contribution in [-0.2, 0) is 21.4 Å². The van der Waals surface area contributed by atoms with Gasteiger partial charge in [-0.05, 0) is 42.5 Å². The first-order chi connectivity index (χ1) is 13.9. The molecule has 156 valence electrons. The summed E-state index contributed by atoms with van der Waals surface area (Å²) in [7, 11) is -2.28.